The summed E-state index contributed by atoms with van der Waals surface area (Å²) in [5.74, 6) is -0.395. The molecular weight excluding hydrogens is 432 g/mol. The zero-order valence-corrected chi connectivity index (χ0v) is 17.4. The maximum Gasteiger partial charge on any atom is 0.326 e. The summed E-state index contributed by atoms with van der Waals surface area (Å²) in [6.07, 6.45) is 2.95. The van der Waals surface area contributed by atoms with Gasteiger partial charge in [0.15, 0.2) is 11.6 Å². The summed E-state index contributed by atoms with van der Waals surface area (Å²) < 4.78 is 1.37. The van der Waals surface area contributed by atoms with Crippen LogP contribution in [0, 0.1) is 0 Å². The van der Waals surface area contributed by atoms with Gasteiger partial charge in [-0.3, -0.25) is 19.5 Å². The summed E-state index contributed by atoms with van der Waals surface area (Å²) in [5, 5.41) is 13.5. The largest absolute Gasteiger partial charge is 0.326 e. The summed E-state index contributed by atoms with van der Waals surface area (Å²) in [7, 11) is 0. The van der Waals surface area contributed by atoms with Crippen molar-refractivity contribution in [1.82, 2.24) is 14.8 Å². The van der Waals surface area contributed by atoms with Crippen molar-refractivity contribution in [2.24, 2.45) is 4.99 Å². The quantitative estimate of drug-likeness (QED) is 0.554. The number of benzene rings is 2. The van der Waals surface area contributed by atoms with Crippen LogP contribution in [0.4, 0.5) is 22.4 Å². The van der Waals surface area contributed by atoms with Crippen LogP contribution in [-0.4, -0.2) is 38.1 Å². The highest BCUT2D eigenvalue weighted by Gasteiger charge is 2.26. The van der Waals surface area contributed by atoms with Crippen molar-refractivity contribution in [3.8, 4) is 0 Å². The van der Waals surface area contributed by atoms with E-state index in [1.54, 1.807) is 30.3 Å². The van der Waals surface area contributed by atoms with E-state index in [-0.39, 0.29) is 42.1 Å². The van der Waals surface area contributed by atoms with E-state index in [1.807, 2.05) is 30.3 Å². The molecule has 3 aromatic rings. The minimum atomic E-state index is -0.564. The summed E-state index contributed by atoms with van der Waals surface area (Å²) >= 11 is 5.83. The normalized spacial score (nSPS) is 12.9. The van der Waals surface area contributed by atoms with E-state index < -0.39 is 6.03 Å². The standard InChI is InChI=1S/C22H17ClN6O3/c23-15-7-9-16(10-8-15)24-22(32)26-21-28-27-20-25-18(19(31)13-29(20)21)12-17(30)11-6-14-4-2-1-3-5-14/h1-11H,12-13H2,(H2,24,26,28,32)/b11-6+. The third-order valence-corrected chi connectivity index (χ3v) is 4.77. The number of Topliss-reactive ketones (excluding diaryl/α,β-unsaturated/α-hetero) is 1. The topological polar surface area (TPSA) is 118 Å². The number of halogens is 1. The lowest BCUT2D eigenvalue weighted by atomic mass is 10.1. The molecule has 32 heavy (non-hydrogen) atoms. The van der Waals surface area contributed by atoms with Crippen LogP contribution >= 0.6 is 11.6 Å². The van der Waals surface area contributed by atoms with Gasteiger partial charge in [-0.2, -0.15) is 0 Å². The molecule has 0 saturated carbocycles. The minimum Gasteiger partial charge on any atom is -0.308 e. The molecule has 1 aromatic heterocycles. The van der Waals surface area contributed by atoms with Crippen molar-refractivity contribution in [2.45, 2.75) is 13.0 Å². The van der Waals surface area contributed by atoms with E-state index in [1.165, 1.54) is 10.6 Å². The molecule has 1 aliphatic heterocycles. The molecule has 0 atom stereocenters. The molecule has 2 heterocycles. The second kappa shape index (κ2) is 9.36. The van der Waals surface area contributed by atoms with E-state index in [0.29, 0.717) is 10.7 Å². The van der Waals surface area contributed by atoms with Crippen molar-refractivity contribution in [3.63, 3.8) is 0 Å². The third kappa shape index (κ3) is 5.13. The number of nitrogens with one attached hydrogen (secondary N) is 2. The van der Waals surface area contributed by atoms with Crippen molar-refractivity contribution >= 4 is 58.6 Å². The number of fused-ring (bicyclic) bond motifs is 1. The van der Waals surface area contributed by atoms with E-state index >= 15 is 0 Å². The highest BCUT2D eigenvalue weighted by Crippen LogP contribution is 2.21. The highest BCUT2D eigenvalue weighted by atomic mass is 35.5. The fourth-order valence-electron chi connectivity index (χ4n) is 2.95. The molecule has 2 aromatic carbocycles. The van der Waals surface area contributed by atoms with E-state index in [9.17, 15) is 14.4 Å². The zero-order valence-electron chi connectivity index (χ0n) is 16.7. The van der Waals surface area contributed by atoms with Gasteiger partial charge in [-0.15, -0.1) is 10.2 Å². The Hall–Kier alpha value is -4.11. The molecule has 1 aliphatic rings. The number of amides is 2. The number of urea groups is 1. The molecular formula is C22H17ClN6O3. The lowest BCUT2D eigenvalue weighted by Gasteiger charge is -2.14. The highest BCUT2D eigenvalue weighted by molar-refractivity contribution is 6.44. The molecule has 2 N–H and O–H groups in total. The fraction of sp³-hybridized carbons (Fsp3) is 0.0909. The molecule has 9 nitrogen and oxygen atoms in total. The Balaban J connectivity index is 1.41. The molecule has 0 saturated heterocycles. The lowest BCUT2D eigenvalue weighted by Crippen LogP contribution is -2.28. The van der Waals surface area contributed by atoms with Crippen LogP contribution in [0.25, 0.3) is 6.08 Å². The number of anilines is 2. The number of ketones is 2. The number of aromatic nitrogens is 3. The van der Waals surface area contributed by atoms with Gasteiger partial charge in [-0.1, -0.05) is 48.0 Å². The number of hydrogen-bond acceptors (Lipinski definition) is 6. The number of carbonyl (C=O) groups excluding carboxylic acids is 3. The Labute approximate surface area is 187 Å². The number of carbonyl (C=O) groups is 3. The Morgan fingerprint density at radius 2 is 1.78 bits per heavy atom. The Morgan fingerprint density at radius 1 is 1.03 bits per heavy atom. The van der Waals surface area contributed by atoms with Crippen molar-refractivity contribution in [1.29, 1.82) is 0 Å². The zero-order chi connectivity index (χ0) is 22.5. The van der Waals surface area contributed by atoms with Crippen molar-refractivity contribution < 1.29 is 14.4 Å². The van der Waals surface area contributed by atoms with E-state index in [0.717, 1.165) is 5.56 Å². The minimum absolute atomic E-state index is 0.0675. The van der Waals surface area contributed by atoms with Gasteiger partial charge in [0.1, 0.15) is 0 Å². The van der Waals surface area contributed by atoms with Crippen LogP contribution in [-0.2, 0) is 16.1 Å². The summed E-state index contributed by atoms with van der Waals surface area (Å²) in [5.41, 5.74) is 1.51. The monoisotopic (exact) mass is 448 g/mol. The number of hydrogen-bond donors (Lipinski definition) is 2. The second-order valence-electron chi connectivity index (χ2n) is 6.86. The van der Waals surface area contributed by atoms with Gasteiger partial charge in [0.2, 0.25) is 5.95 Å². The number of aliphatic imine (C=N–C) groups is 1. The number of rotatable bonds is 6. The third-order valence-electron chi connectivity index (χ3n) is 4.52. The van der Waals surface area contributed by atoms with E-state index in [4.69, 9.17) is 11.6 Å². The molecule has 0 spiro atoms. The predicted molar refractivity (Wildman–Crippen MR) is 121 cm³/mol. The average Bonchev–Trinajstić information content (AvgIpc) is 3.16. The first-order chi connectivity index (χ1) is 15.5. The van der Waals surface area contributed by atoms with Gasteiger partial charge in [0, 0.05) is 10.7 Å². The van der Waals surface area contributed by atoms with Crippen molar-refractivity contribution in [3.05, 3.63) is 71.3 Å². The molecule has 160 valence electrons. The maximum absolute atomic E-state index is 12.5. The van der Waals surface area contributed by atoms with Crippen LogP contribution in [0.15, 0.2) is 65.7 Å². The Kier molecular flexibility index (Phi) is 6.18. The summed E-state index contributed by atoms with van der Waals surface area (Å²) in [6.45, 7) is -0.132. The SMILES string of the molecule is O=C(/C=C/c1ccccc1)CC1=Nc2nnc(NC(=O)Nc3ccc(Cl)cc3)n2CC1=O. The van der Waals surface area contributed by atoms with E-state index in [2.05, 4.69) is 25.8 Å². The molecule has 10 heteroatoms. The molecule has 0 bridgehead atoms. The Morgan fingerprint density at radius 3 is 2.53 bits per heavy atom. The van der Waals surface area contributed by atoms with Gasteiger partial charge < -0.3 is 5.32 Å². The van der Waals surface area contributed by atoms with Crippen molar-refractivity contribution in [2.75, 3.05) is 10.6 Å². The Bertz CT molecular complexity index is 1230. The summed E-state index contributed by atoms with van der Waals surface area (Å²) in [6, 6.07) is 15.4. The second-order valence-corrected chi connectivity index (χ2v) is 7.30. The smallest absolute Gasteiger partial charge is 0.308 e. The van der Waals surface area contributed by atoms with Crippen LogP contribution in [0.2, 0.25) is 5.02 Å². The first kappa shape index (κ1) is 21.1. The first-order valence-electron chi connectivity index (χ1n) is 9.61. The maximum atomic E-state index is 12.5. The van der Waals surface area contributed by atoms with Crippen LogP contribution < -0.4 is 10.6 Å². The van der Waals surface area contributed by atoms with Crippen LogP contribution in [0.3, 0.4) is 0 Å². The molecule has 0 radical (unpaired) electrons. The van der Waals surface area contributed by atoms with Crippen LogP contribution in [0.1, 0.15) is 12.0 Å². The summed E-state index contributed by atoms with van der Waals surface area (Å²) in [4.78, 5) is 41.1. The van der Waals surface area contributed by atoms with Gasteiger partial charge in [0.25, 0.3) is 5.95 Å². The van der Waals surface area contributed by atoms with Gasteiger partial charge in [-0.25, -0.2) is 9.79 Å². The van der Waals surface area contributed by atoms with Gasteiger partial charge in [-0.05, 0) is 35.9 Å². The molecule has 0 aliphatic carbocycles. The number of nitrogens with zero attached hydrogens (tertiary/aromatic N) is 4. The van der Waals surface area contributed by atoms with Gasteiger partial charge in [0.05, 0.1) is 18.7 Å². The first-order valence-corrected chi connectivity index (χ1v) is 9.99. The van der Waals surface area contributed by atoms with Crippen LogP contribution in [0.5, 0.6) is 0 Å². The lowest BCUT2D eigenvalue weighted by molar-refractivity contribution is -0.116. The fourth-order valence-corrected chi connectivity index (χ4v) is 3.07. The number of allylic oxidation sites excluding steroid dienone is 1. The average molecular weight is 449 g/mol. The van der Waals surface area contributed by atoms with Gasteiger partial charge >= 0.3 is 6.03 Å². The molecule has 0 unspecified atom stereocenters. The molecule has 0 fully saturated rings. The predicted octanol–water partition coefficient (Wildman–Crippen LogP) is 3.90. The molecule has 2 amide bonds. The molecule has 4 rings (SSSR count).